The summed E-state index contributed by atoms with van der Waals surface area (Å²) in [6, 6.07) is 7.84. The number of fused-ring (bicyclic) bond motifs is 1. The topological polar surface area (TPSA) is 97.5 Å². The first-order valence-corrected chi connectivity index (χ1v) is 10.5. The third kappa shape index (κ3) is 3.94. The van der Waals surface area contributed by atoms with Crippen LogP contribution in [-0.4, -0.2) is 53.8 Å². The number of pyridine rings is 3. The van der Waals surface area contributed by atoms with E-state index in [1.54, 1.807) is 11.1 Å². The van der Waals surface area contributed by atoms with Gasteiger partial charge in [-0.2, -0.15) is 0 Å². The predicted octanol–water partition coefficient (Wildman–Crippen LogP) is 2.87. The van der Waals surface area contributed by atoms with Gasteiger partial charge in [-0.15, -0.1) is 0 Å². The highest BCUT2D eigenvalue weighted by Gasteiger charge is 2.22. The molecule has 8 nitrogen and oxygen atoms in total. The summed E-state index contributed by atoms with van der Waals surface area (Å²) in [5.41, 5.74) is 10.5. The smallest absolute Gasteiger partial charge is 0.320 e. The van der Waals surface area contributed by atoms with Crippen LogP contribution in [0.25, 0.3) is 22.3 Å². The van der Waals surface area contributed by atoms with Gasteiger partial charge in [0.05, 0.1) is 13.2 Å². The zero-order valence-electron chi connectivity index (χ0n) is 17.2. The van der Waals surface area contributed by atoms with Crippen molar-refractivity contribution in [2.75, 3.05) is 42.6 Å². The van der Waals surface area contributed by atoms with Crippen LogP contribution in [0, 0.1) is 0 Å². The molecule has 8 heteroatoms. The summed E-state index contributed by atoms with van der Waals surface area (Å²) in [4.78, 5) is 29.1. The molecule has 31 heavy (non-hydrogen) atoms. The molecule has 2 N–H and O–H groups in total. The quantitative estimate of drug-likeness (QED) is 0.705. The number of urea groups is 1. The van der Waals surface area contributed by atoms with Gasteiger partial charge in [-0.3, -0.25) is 9.88 Å². The molecule has 158 valence electrons. The van der Waals surface area contributed by atoms with Crippen LogP contribution in [0.2, 0.25) is 0 Å². The van der Waals surface area contributed by atoms with Crippen molar-refractivity contribution in [3.63, 3.8) is 0 Å². The Balaban J connectivity index is 1.41. The van der Waals surface area contributed by atoms with Gasteiger partial charge >= 0.3 is 6.03 Å². The molecule has 0 spiro atoms. The van der Waals surface area contributed by atoms with Gasteiger partial charge in [0.15, 0.2) is 0 Å². The summed E-state index contributed by atoms with van der Waals surface area (Å²) < 4.78 is 5.41. The Kier molecular flexibility index (Phi) is 5.21. The maximum absolute atomic E-state index is 11.7. The number of hydrogen-bond acceptors (Lipinski definition) is 6. The summed E-state index contributed by atoms with van der Waals surface area (Å²) in [6.45, 7) is 3.81. The molecule has 0 aliphatic carbocycles. The highest BCUT2D eigenvalue weighted by molar-refractivity contribution is 5.91. The highest BCUT2D eigenvalue weighted by Crippen LogP contribution is 2.31. The Bertz CT molecular complexity index is 1100. The van der Waals surface area contributed by atoms with Crippen molar-refractivity contribution in [1.29, 1.82) is 0 Å². The first-order valence-electron chi connectivity index (χ1n) is 10.5. The zero-order chi connectivity index (χ0) is 21.2. The first-order chi connectivity index (χ1) is 15.2. The molecular weight excluding hydrogens is 392 g/mol. The Hall–Kier alpha value is -3.52. The molecule has 2 aliphatic rings. The maximum atomic E-state index is 11.7. The molecule has 3 aromatic rings. The molecule has 0 radical (unpaired) electrons. The molecule has 2 aliphatic heterocycles. The van der Waals surface area contributed by atoms with E-state index < -0.39 is 6.03 Å². The number of morpholine rings is 1. The van der Waals surface area contributed by atoms with Gasteiger partial charge in [-0.1, -0.05) is 0 Å². The minimum atomic E-state index is -0.460. The molecule has 0 unspecified atom stereocenters. The van der Waals surface area contributed by atoms with E-state index in [4.69, 9.17) is 10.5 Å². The number of aromatic nitrogens is 3. The van der Waals surface area contributed by atoms with E-state index in [1.807, 2.05) is 24.7 Å². The van der Waals surface area contributed by atoms with Gasteiger partial charge < -0.3 is 15.4 Å². The molecule has 0 saturated carbocycles. The van der Waals surface area contributed by atoms with Crippen LogP contribution >= 0.6 is 0 Å². The SMILES string of the molecule is NC(=O)N1CCCc2cc(-c3cncc(-c4ccc(N5CCOCC5)nc4)c3)cnc21. The number of ether oxygens (including phenoxy) is 1. The van der Waals surface area contributed by atoms with Crippen molar-refractivity contribution in [2.24, 2.45) is 5.73 Å². The number of carbonyl (C=O) groups excluding carboxylic acids is 1. The minimum absolute atomic E-state index is 0.460. The van der Waals surface area contributed by atoms with Gasteiger partial charge in [0.25, 0.3) is 0 Å². The van der Waals surface area contributed by atoms with Crippen LogP contribution in [0.5, 0.6) is 0 Å². The molecule has 1 fully saturated rings. The van der Waals surface area contributed by atoms with Gasteiger partial charge in [0.1, 0.15) is 11.6 Å². The number of anilines is 2. The predicted molar refractivity (Wildman–Crippen MR) is 119 cm³/mol. The first kappa shape index (κ1) is 19.4. The van der Waals surface area contributed by atoms with Crippen molar-refractivity contribution in [3.05, 3.63) is 54.6 Å². The van der Waals surface area contributed by atoms with Crippen molar-refractivity contribution in [2.45, 2.75) is 12.8 Å². The average Bonchev–Trinajstić information content (AvgIpc) is 2.84. The van der Waals surface area contributed by atoms with E-state index in [2.05, 4.69) is 38.1 Å². The number of hydrogen-bond donors (Lipinski definition) is 1. The molecule has 0 atom stereocenters. The molecule has 5 heterocycles. The second-order valence-corrected chi connectivity index (χ2v) is 7.77. The number of nitrogens with two attached hydrogens (primary N) is 1. The van der Waals surface area contributed by atoms with Crippen molar-refractivity contribution in [1.82, 2.24) is 15.0 Å². The lowest BCUT2D eigenvalue weighted by Gasteiger charge is -2.27. The van der Waals surface area contributed by atoms with E-state index in [-0.39, 0.29) is 0 Å². The fraction of sp³-hybridized carbons (Fsp3) is 0.304. The minimum Gasteiger partial charge on any atom is -0.378 e. The van der Waals surface area contributed by atoms with Crippen LogP contribution in [0.3, 0.4) is 0 Å². The lowest BCUT2D eigenvalue weighted by molar-refractivity contribution is 0.122. The third-order valence-electron chi connectivity index (χ3n) is 5.78. The average molecular weight is 416 g/mol. The normalized spacial score (nSPS) is 16.1. The molecule has 0 bridgehead atoms. The summed E-state index contributed by atoms with van der Waals surface area (Å²) in [7, 11) is 0. The van der Waals surface area contributed by atoms with Crippen molar-refractivity contribution >= 4 is 17.7 Å². The number of nitrogens with zero attached hydrogens (tertiary/aromatic N) is 5. The number of aryl methyl sites for hydroxylation is 1. The number of rotatable bonds is 3. The fourth-order valence-corrected chi connectivity index (χ4v) is 4.13. The molecule has 3 aromatic heterocycles. The summed E-state index contributed by atoms with van der Waals surface area (Å²) in [6.07, 6.45) is 9.09. The largest absolute Gasteiger partial charge is 0.378 e. The van der Waals surface area contributed by atoms with Crippen LogP contribution in [0.15, 0.2) is 49.1 Å². The van der Waals surface area contributed by atoms with E-state index in [1.165, 1.54) is 0 Å². The fourth-order valence-electron chi connectivity index (χ4n) is 4.13. The van der Waals surface area contributed by atoms with Crippen molar-refractivity contribution in [3.8, 4) is 22.3 Å². The van der Waals surface area contributed by atoms with E-state index in [0.29, 0.717) is 12.4 Å². The second kappa shape index (κ2) is 8.31. The molecule has 0 aromatic carbocycles. The maximum Gasteiger partial charge on any atom is 0.320 e. The second-order valence-electron chi connectivity index (χ2n) is 7.77. The number of amides is 2. The van der Waals surface area contributed by atoms with Crippen LogP contribution in [0.1, 0.15) is 12.0 Å². The zero-order valence-corrected chi connectivity index (χ0v) is 17.2. The Morgan fingerprint density at radius 3 is 2.39 bits per heavy atom. The summed E-state index contributed by atoms with van der Waals surface area (Å²) in [5, 5.41) is 0. The monoisotopic (exact) mass is 416 g/mol. The summed E-state index contributed by atoms with van der Waals surface area (Å²) >= 11 is 0. The summed E-state index contributed by atoms with van der Waals surface area (Å²) in [5.74, 6) is 1.63. The standard InChI is InChI=1S/C23H24N6O2/c24-23(30)29-5-1-2-16-10-20(15-27-22(16)29)19-11-18(12-25-13-19)17-3-4-21(26-14-17)28-6-8-31-9-7-28/h3-4,10-15H,1-2,5-9H2,(H2,24,30). The van der Waals surface area contributed by atoms with Gasteiger partial charge in [-0.25, -0.2) is 14.8 Å². The van der Waals surface area contributed by atoms with Crippen LogP contribution in [0.4, 0.5) is 16.4 Å². The van der Waals surface area contributed by atoms with Crippen LogP contribution in [-0.2, 0) is 11.2 Å². The number of primary amides is 1. The van der Waals surface area contributed by atoms with Gasteiger partial charge in [0.2, 0.25) is 0 Å². The Morgan fingerprint density at radius 1 is 0.903 bits per heavy atom. The van der Waals surface area contributed by atoms with Gasteiger partial charge in [0, 0.05) is 66.7 Å². The lowest BCUT2D eigenvalue weighted by Crippen LogP contribution is -2.40. The van der Waals surface area contributed by atoms with E-state index in [9.17, 15) is 4.79 Å². The van der Waals surface area contributed by atoms with Gasteiger partial charge in [-0.05, 0) is 42.7 Å². The third-order valence-corrected chi connectivity index (χ3v) is 5.78. The van der Waals surface area contributed by atoms with Crippen LogP contribution < -0.4 is 15.5 Å². The molecule has 1 saturated heterocycles. The lowest BCUT2D eigenvalue weighted by atomic mass is 9.99. The molecule has 2 amide bonds. The Morgan fingerprint density at radius 2 is 1.65 bits per heavy atom. The van der Waals surface area contributed by atoms with Crippen molar-refractivity contribution < 1.29 is 9.53 Å². The molecular formula is C23H24N6O2. The molecule has 5 rings (SSSR count). The number of carbonyl (C=O) groups is 1. The highest BCUT2D eigenvalue weighted by atomic mass is 16.5. The Labute approximate surface area is 180 Å². The van der Waals surface area contributed by atoms with E-state index >= 15 is 0 Å². The van der Waals surface area contributed by atoms with E-state index in [0.717, 1.165) is 72.8 Å².